The van der Waals surface area contributed by atoms with Gasteiger partial charge in [-0.1, -0.05) is 95.2 Å². The lowest BCUT2D eigenvalue weighted by molar-refractivity contribution is -0.142. The van der Waals surface area contributed by atoms with Crippen molar-refractivity contribution < 1.29 is 19.1 Å². The van der Waals surface area contributed by atoms with Crippen molar-refractivity contribution in [3.05, 3.63) is 77.9 Å². The molecule has 3 aliphatic heterocycles. The number of ether oxygens (including phenoxy) is 1. The molecule has 2 bridgehead atoms. The van der Waals surface area contributed by atoms with E-state index in [1.807, 2.05) is 66.7 Å². The third-order valence-corrected chi connectivity index (χ3v) is 10.0. The van der Waals surface area contributed by atoms with Crippen LogP contribution in [-0.4, -0.2) is 46.4 Å². The zero-order valence-electron chi connectivity index (χ0n) is 24.4. The van der Waals surface area contributed by atoms with Gasteiger partial charge >= 0.3 is 0 Å². The van der Waals surface area contributed by atoms with Gasteiger partial charge in [0.05, 0.1) is 17.9 Å². The van der Waals surface area contributed by atoms with Crippen molar-refractivity contribution >= 4 is 23.4 Å². The Morgan fingerprint density at radius 3 is 2.46 bits per heavy atom. The van der Waals surface area contributed by atoms with Crippen LogP contribution < -0.4 is 10.6 Å². The summed E-state index contributed by atoms with van der Waals surface area (Å²) < 4.78 is 6.52. The highest BCUT2D eigenvalue weighted by atomic mass is 16.5. The summed E-state index contributed by atoms with van der Waals surface area (Å²) in [4.78, 5) is 43.8. The first-order chi connectivity index (χ1) is 19.7. The molecule has 0 radical (unpaired) electrons. The first kappa shape index (κ1) is 27.7. The van der Waals surface area contributed by atoms with E-state index in [2.05, 4.69) is 38.3 Å². The number of benzene rings is 2. The topological polar surface area (TPSA) is 87.7 Å². The second-order valence-corrected chi connectivity index (χ2v) is 12.8. The van der Waals surface area contributed by atoms with E-state index in [0.29, 0.717) is 23.4 Å². The van der Waals surface area contributed by atoms with E-state index in [-0.39, 0.29) is 30.3 Å². The number of rotatable bonds is 7. The summed E-state index contributed by atoms with van der Waals surface area (Å²) in [5, 5.41) is 6.34. The number of anilines is 1. The summed E-state index contributed by atoms with van der Waals surface area (Å²) in [5.41, 5.74) is 1.63. The van der Waals surface area contributed by atoms with E-state index >= 15 is 0 Å². The molecule has 3 amide bonds. The summed E-state index contributed by atoms with van der Waals surface area (Å²) in [5.74, 6) is -0.897. The van der Waals surface area contributed by atoms with Gasteiger partial charge in [0.25, 0.3) is 0 Å². The second kappa shape index (κ2) is 10.8. The van der Waals surface area contributed by atoms with Gasteiger partial charge in [0, 0.05) is 18.3 Å². The Labute approximate surface area is 242 Å². The molecule has 1 aliphatic carbocycles. The minimum atomic E-state index is -1.17. The lowest BCUT2D eigenvalue weighted by Crippen LogP contribution is -2.57. The van der Waals surface area contributed by atoms with Crippen LogP contribution in [0.2, 0.25) is 0 Å². The maximum atomic E-state index is 14.2. The van der Waals surface area contributed by atoms with Crippen LogP contribution in [0, 0.1) is 23.7 Å². The third kappa shape index (κ3) is 4.78. The fourth-order valence-electron chi connectivity index (χ4n) is 7.44. The van der Waals surface area contributed by atoms with Crippen molar-refractivity contribution in [2.75, 3.05) is 5.32 Å². The number of carbonyl (C=O) groups is 3. The van der Waals surface area contributed by atoms with Gasteiger partial charge in [0.1, 0.15) is 11.6 Å². The SMILES string of the molecule is CC(C)c1ccc(NC(=O)[C@H]2[C@H]3C=C[C@@]4(O3)[C@H]2C(=O)N(Cc2ccccc2)[C@@H]4C(=O)N[C@@H]2CCC[C@H](C)[C@@H]2C)cc1. The molecule has 2 aromatic carbocycles. The number of hydrogen-bond donors (Lipinski definition) is 2. The van der Waals surface area contributed by atoms with Crippen LogP contribution in [-0.2, 0) is 25.7 Å². The second-order valence-electron chi connectivity index (χ2n) is 12.8. The van der Waals surface area contributed by atoms with Crippen LogP contribution in [0.25, 0.3) is 0 Å². The fourth-order valence-corrected chi connectivity index (χ4v) is 7.44. The van der Waals surface area contributed by atoms with Gasteiger partial charge in [-0.15, -0.1) is 0 Å². The van der Waals surface area contributed by atoms with Crippen LogP contribution in [0.5, 0.6) is 0 Å². The Morgan fingerprint density at radius 2 is 1.76 bits per heavy atom. The normalized spacial score (nSPS) is 33.7. The number of nitrogens with zero attached hydrogens (tertiary/aromatic N) is 1. The van der Waals surface area contributed by atoms with Crippen molar-refractivity contribution in [1.29, 1.82) is 0 Å². The van der Waals surface area contributed by atoms with Crippen LogP contribution >= 0.6 is 0 Å². The van der Waals surface area contributed by atoms with Gasteiger partial charge in [0.2, 0.25) is 17.7 Å². The van der Waals surface area contributed by atoms with E-state index < -0.39 is 29.6 Å². The summed E-state index contributed by atoms with van der Waals surface area (Å²) in [7, 11) is 0. The molecule has 3 heterocycles. The van der Waals surface area contributed by atoms with Gasteiger partial charge in [-0.25, -0.2) is 0 Å². The molecular weight excluding hydrogens is 514 g/mol. The van der Waals surface area contributed by atoms with Crippen LogP contribution in [0.3, 0.4) is 0 Å². The van der Waals surface area contributed by atoms with Gasteiger partial charge in [0.15, 0.2) is 0 Å². The Morgan fingerprint density at radius 1 is 1.02 bits per heavy atom. The van der Waals surface area contributed by atoms with E-state index in [4.69, 9.17) is 4.74 Å². The quantitative estimate of drug-likeness (QED) is 0.469. The Balaban J connectivity index is 1.30. The summed E-state index contributed by atoms with van der Waals surface area (Å²) in [6.07, 6.45) is 6.35. The highest BCUT2D eigenvalue weighted by Gasteiger charge is 2.72. The third-order valence-electron chi connectivity index (χ3n) is 10.0. The maximum Gasteiger partial charge on any atom is 0.246 e. The summed E-state index contributed by atoms with van der Waals surface area (Å²) >= 11 is 0. The molecule has 1 saturated carbocycles. The summed E-state index contributed by atoms with van der Waals surface area (Å²) in [6.45, 7) is 8.97. The van der Waals surface area contributed by atoms with Crippen LogP contribution in [0.4, 0.5) is 5.69 Å². The molecule has 2 N–H and O–H groups in total. The first-order valence-electron chi connectivity index (χ1n) is 15.1. The zero-order valence-corrected chi connectivity index (χ0v) is 24.4. The number of hydrogen-bond acceptors (Lipinski definition) is 4. The first-order valence-corrected chi connectivity index (χ1v) is 15.1. The molecule has 4 aliphatic rings. The molecule has 8 atom stereocenters. The average Bonchev–Trinajstić information content (AvgIpc) is 3.59. The number of carbonyl (C=O) groups excluding carboxylic acids is 3. The van der Waals surface area contributed by atoms with Crippen molar-refractivity contribution in [2.45, 2.75) is 83.2 Å². The molecule has 7 heteroatoms. The molecule has 216 valence electrons. The molecule has 2 saturated heterocycles. The molecule has 2 aromatic rings. The largest absolute Gasteiger partial charge is 0.359 e. The minimum Gasteiger partial charge on any atom is -0.359 e. The van der Waals surface area contributed by atoms with Crippen molar-refractivity contribution in [2.24, 2.45) is 23.7 Å². The Bertz CT molecular complexity index is 1340. The van der Waals surface area contributed by atoms with Crippen molar-refractivity contribution in [1.82, 2.24) is 10.2 Å². The predicted octanol–water partition coefficient (Wildman–Crippen LogP) is 5.04. The van der Waals surface area contributed by atoms with E-state index in [9.17, 15) is 14.4 Å². The van der Waals surface area contributed by atoms with Gasteiger partial charge in [-0.3, -0.25) is 14.4 Å². The van der Waals surface area contributed by atoms with Gasteiger partial charge < -0.3 is 20.3 Å². The molecule has 41 heavy (non-hydrogen) atoms. The van der Waals surface area contributed by atoms with Crippen LogP contribution in [0.15, 0.2) is 66.7 Å². The van der Waals surface area contributed by atoms with Crippen molar-refractivity contribution in [3.63, 3.8) is 0 Å². The Kier molecular flexibility index (Phi) is 7.26. The molecule has 0 aromatic heterocycles. The van der Waals surface area contributed by atoms with Crippen LogP contribution in [0.1, 0.15) is 64.0 Å². The molecule has 6 rings (SSSR count). The van der Waals surface area contributed by atoms with Crippen molar-refractivity contribution in [3.8, 4) is 0 Å². The lowest BCUT2D eigenvalue weighted by Gasteiger charge is -2.38. The number of nitrogens with one attached hydrogen (secondary N) is 2. The minimum absolute atomic E-state index is 0.0471. The monoisotopic (exact) mass is 555 g/mol. The average molecular weight is 556 g/mol. The highest BCUT2D eigenvalue weighted by Crippen LogP contribution is 2.55. The predicted molar refractivity (Wildman–Crippen MR) is 158 cm³/mol. The molecule has 3 fully saturated rings. The number of fused-ring (bicyclic) bond motifs is 1. The maximum absolute atomic E-state index is 14.2. The zero-order chi connectivity index (χ0) is 28.9. The van der Waals surface area contributed by atoms with E-state index in [1.54, 1.807) is 4.90 Å². The number of amides is 3. The fraction of sp³-hybridized carbons (Fsp3) is 0.500. The van der Waals surface area contributed by atoms with E-state index in [1.165, 1.54) is 5.56 Å². The van der Waals surface area contributed by atoms with E-state index in [0.717, 1.165) is 24.8 Å². The van der Waals surface area contributed by atoms with Gasteiger partial charge in [-0.2, -0.15) is 0 Å². The standard InChI is InChI=1S/C34H41N3O4/c1-20(2)24-13-15-25(16-14-24)35-31(38)28-27-17-18-34(41-27)29(28)33(40)37(19-23-10-6-5-7-11-23)30(34)32(39)36-26-12-8-9-21(3)22(26)4/h5-7,10-11,13-18,20-22,26-30H,8-9,12,19H2,1-4H3,(H,35,38)(H,36,39)/t21-,22-,26+,27+,28-,29+,30+,34+/m0/s1. The molecule has 7 nitrogen and oxygen atoms in total. The highest BCUT2D eigenvalue weighted by molar-refractivity contribution is 6.02. The number of likely N-dealkylation sites (tertiary alicyclic amines) is 1. The summed E-state index contributed by atoms with van der Waals surface area (Å²) in [6, 6.07) is 16.7. The lowest BCUT2D eigenvalue weighted by atomic mass is 9.73. The Hall–Kier alpha value is -3.45. The smallest absolute Gasteiger partial charge is 0.246 e. The molecular formula is C34H41N3O4. The molecule has 0 unspecified atom stereocenters. The molecule has 1 spiro atoms. The van der Waals surface area contributed by atoms with Gasteiger partial charge in [-0.05, 0) is 47.4 Å².